The lowest BCUT2D eigenvalue weighted by molar-refractivity contribution is -0.335. The molecule has 3 aliphatic rings. The minimum atomic E-state index is -4.33. The molecule has 0 amide bonds. The molecule has 3 heterocycles. The van der Waals surface area contributed by atoms with E-state index in [1.54, 1.807) is 55.4 Å². The Bertz CT molecular complexity index is 2160. The van der Waals surface area contributed by atoms with Crippen LogP contribution in [0.25, 0.3) is 0 Å². The van der Waals surface area contributed by atoms with Gasteiger partial charge in [-0.15, -0.1) is 0 Å². The summed E-state index contributed by atoms with van der Waals surface area (Å²) in [6.07, 6.45) is -9.56. The molecule has 0 aromatic heterocycles. The minimum absolute atomic E-state index is 0.0164. The molecule has 3 saturated heterocycles. The molecule has 0 aliphatic carbocycles. The molecule has 1 unspecified atom stereocenters. The average Bonchev–Trinajstić information content (AvgIpc) is 3.32. The zero-order valence-corrected chi connectivity index (χ0v) is 45.2. The van der Waals surface area contributed by atoms with Crippen LogP contribution in [0.1, 0.15) is 108 Å². The lowest BCUT2D eigenvalue weighted by Gasteiger charge is -2.53. The van der Waals surface area contributed by atoms with E-state index in [1.165, 1.54) is 45.3 Å². The van der Waals surface area contributed by atoms with Crippen LogP contribution in [0.2, 0.25) is 0 Å². The Morgan fingerprint density at radius 3 is 2.08 bits per heavy atom. The number of halogens is 2. The predicted octanol–water partition coefficient (Wildman–Crippen LogP) is 5.05. The van der Waals surface area contributed by atoms with Crippen molar-refractivity contribution in [2.45, 2.75) is 203 Å². The number of benzene rings is 2. The van der Waals surface area contributed by atoms with Crippen LogP contribution in [-0.4, -0.2) is 163 Å². The van der Waals surface area contributed by atoms with Crippen molar-refractivity contribution in [2.24, 2.45) is 17.8 Å². The number of aliphatic hydroxyl groups is 4. The maximum atomic E-state index is 14.7. The fourth-order valence-electron chi connectivity index (χ4n) is 10.8. The van der Waals surface area contributed by atoms with Gasteiger partial charge in [0.1, 0.15) is 46.4 Å². The molecule has 3 aliphatic heterocycles. The normalized spacial score (nSPS) is 40.0. The predicted molar refractivity (Wildman–Crippen MR) is 264 cm³/mol. The molecule has 18 atom stereocenters. The second-order valence-electron chi connectivity index (χ2n) is 21.3. The molecular formula is C52H83F2N3O14S. The number of cyclic esters (lactones) is 1. The topological polar surface area (TPSA) is 224 Å². The fourth-order valence-corrected chi connectivity index (χ4v) is 12.2. The van der Waals surface area contributed by atoms with E-state index in [9.17, 15) is 42.4 Å². The third-order valence-electron chi connectivity index (χ3n) is 15.4. The molecule has 0 spiro atoms. The number of hydrogen-bond donors (Lipinski definition) is 6. The molecule has 410 valence electrons. The van der Waals surface area contributed by atoms with Crippen molar-refractivity contribution in [3.63, 3.8) is 0 Å². The van der Waals surface area contributed by atoms with E-state index >= 15 is 0 Å². The quantitative estimate of drug-likeness (QED) is 0.101. The summed E-state index contributed by atoms with van der Waals surface area (Å²) in [4.78, 5) is 14.5. The van der Waals surface area contributed by atoms with Gasteiger partial charge in [0.25, 0.3) is 0 Å². The number of methoxy groups -OCH3 is 1. The summed E-state index contributed by atoms with van der Waals surface area (Å²) in [6.45, 7) is 19.8. The zero-order chi connectivity index (χ0) is 53.7. The molecule has 72 heavy (non-hydrogen) atoms. The van der Waals surface area contributed by atoms with Crippen LogP contribution < -0.4 is 15.4 Å². The van der Waals surface area contributed by atoms with Gasteiger partial charge in [0.2, 0.25) is 10.0 Å². The number of carbonyl (C=O) groups is 1. The lowest BCUT2D eigenvalue weighted by atomic mass is 9.75. The van der Waals surface area contributed by atoms with Gasteiger partial charge >= 0.3 is 5.97 Å². The zero-order valence-electron chi connectivity index (χ0n) is 44.3. The number of rotatable bonds is 15. The van der Waals surface area contributed by atoms with Crippen LogP contribution in [0.5, 0.6) is 5.75 Å². The molecule has 0 radical (unpaired) electrons. The van der Waals surface area contributed by atoms with Gasteiger partial charge in [-0.05, 0) is 142 Å². The second-order valence-corrected chi connectivity index (χ2v) is 23.2. The summed E-state index contributed by atoms with van der Waals surface area (Å²) in [7, 11) is -1.48. The van der Waals surface area contributed by atoms with Crippen LogP contribution in [0.4, 0.5) is 8.78 Å². The Hall–Kier alpha value is -2.96. The maximum absolute atomic E-state index is 14.7. The molecule has 5 rings (SSSR count). The average molecular weight is 1040 g/mol. The Morgan fingerprint density at radius 1 is 0.889 bits per heavy atom. The maximum Gasteiger partial charge on any atom is 0.311 e. The molecule has 20 heteroatoms. The van der Waals surface area contributed by atoms with Crippen molar-refractivity contribution in [2.75, 3.05) is 33.8 Å². The van der Waals surface area contributed by atoms with E-state index in [-0.39, 0.29) is 55.3 Å². The van der Waals surface area contributed by atoms with Crippen molar-refractivity contribution >= 4 is 16.0 Å². The highest BCUT2D eigenvalue weighted by Gasteiger charge is 2.59. The monoisotopic (exact) mass is 1040 g/mol. The number of carbonyl (C=O) groups excluding carboxylic acids is 1. The Balaban J connectivity index is 1.66. The summed E-state index contributed by atoms with van der Waals surface area (Å²) < 4.78 is 104. The molecule has 6 N–H and O–H groups in total. The number of hydrogen-bond acceptors (Lipinski definition) is 16. The molecule has 2 aromatic rings. The molecule has 17 nitrogen and oxygen atoms in total. The third-order valence-corrected chi connectivity index (χ3v) is 17.3. The molecule has 3 fully saturated rings. The third kappa shape index (κ3) is 13.3. The van der Waals surface area contributed by atoms with Crippen molar-refractivity contribution in [3.05, 3.63) is 60.2 Å². The summed E-state index contributed by atoms with van der Waals surface area (Å²) in [5.74, 6) is -4.35. The number of sulfonamides is 1. The summed E-state index contributed by atoms with van der Waals surface area (Å²) in [5, 5.41) is 55.2. The van der Waals surface area contributed by atoms with Crippen LogP contribution in [0, 0.1) is 29.4 Å². The Morgan fingerprint density at radius 2 is 1.50 bits per heavy atom. The number of nitrogens with one attached hydrogen (secondary N) is 2. The number of aliphatic hydroxyl groups excluding tert-OH is 1. The lowest BCUT2D eigenvalue weighted by Crippen LogP contribution is -2.70. The highest BCUT2D eigenvalue weighted by atomic mass is 32.2. The van der Waals surface area contributed by atoms with E-state index in [0.29, 0.717) is 6.54 Å². The van der Waals surface area contributed by atoms with E-state index in [1.807, 2.05) is 13.8 Å². The number of nitrogens with zero attached hydrogens (tertiary/aromatic N) is 1. The number of likely N-dealkylation sites (N-methyl/N-ethyl adjacent to an activating group) is 1. The molecular weight excluding hydrogens is 961 g/mol. The van der Waals surface area contributed by atoms with Crippen molar-refractivity contribution in [1.82, 2.24) is 14.9 Å². The molecule has 0 saturated carbocycles. The summed E-state index contributed by atoms with van der Waals surface area (Å²) in [5.41, 5.74) is -6.52. The molecule has 0 bridgehead atoms. The minimum Gasteiger partial charge on any atom is -0.483 e. The summed E-state index contributed by atoms with van der Waals surface area (Å²) >= 11 is 0. The number of ether oxygens (including phenoxy) is 7. The smallest absolute Gasteiger partial charge is 0.311 e. The first-order chi connectivity index (χ1) is 33.6. The van der Waals surface area contributed by atoms with Crippen molar-refractivity contribution < 1.29 is 75.6 Å². The molecule has 2 aromatic carbocycles. The first kappa shape index (κ1) is 59.9. The SMILES string of the molecule is CCCNC[C@]1(O)[C@H](C)OC(O[C@H]2[C@H](C)[C@@H](O[C@@H]3O[C@H](C)C[C@H](N(C)S(=O)(=O)c4ccc(F)cc4)[C@H]3Oc3ccc(F)cc3)[C@](C)(O)C[C@@H](C)CN[C@H](C)[C@@H](O)[C@](C)(O)[C@@H](CC)OC(=O)[C@@H]2C)C[C@@]1(C)OC. The van der Waals surface area contributed by atoms with Crippen LogP contribution >= 0.6 is 0 Å². The van der Waals surface area contributed by atoms with E-state index in [0.717, 1.165) is 35.0 Å². The van der Waals surface area contributed by atoms with Crippen LogP contribution in [-0.2, 0) is 43.2 Å². The van der Waals surface area contributed by atoms with Gasteiger partial charge in [-0.2, -0.15) is 4.31 Å². The van der Waals surface area contributed by atoms with Crippen molar-refractivity contribution in [1.29, 1.82) is 0 Å². The van der Waals surface area contributed by atoms with Crippen LogP contribution in [0.15, 0.2) is 53.4 Å². The highest BCUT2D eigenvalue weighted by molar-refractivity contribution is 7.89. The van der Waals surface area contributed by atoms with E-state index < -0.39 is 129 Å². The van der Waals surface area contributed by atoms with E-state index in [4.69, 9.17) is 33.2 Å². The van der Waals surface area contributed by atoms with Gasteiger partial charge in [0.05, 0.1) is 46.9 Å². The van der Waals surface area contributed by atoms with Gasteiger partial charge in [-0.1, -0.05) is 27.7 Å². The van der Waals surface area contributed by atoms with Gasteiger partial charge in [-0.3, -0.25) is 4.79 Å². The largest absolute Gasteiger partial charge is 0.483 e. The Kier molecular flexibility index (Phi) is 20.3. The first-order valence-corrected chi connectivity index (χ1v) is 26.8. The van der Waals surface area contributed by atoms with E-state index in [2.05, 4.69) is 10.6 Å². The standard InChI is InChI=1S/C52H83F2N3O14S/c1-14-24-55-29-52(62)35(8)67-42(27-50(52,10)65-13)70-43-32(5)46(49(9,60)26-30(3)28-56-34(7)45(58)51(11,61)41(15-2)69-47(59)33(43)6)71-48-44(68-38-20-16-36(53)17-21-38)40(25-31(4)66-48)57(12)72(63,64)39-22-18-37(54)19-23-39/h16-23,30-35,40-46,48,55-56,58,60-62H,14-15,24-29H2,1-13H3/t30-,31-,32+,33-,34-,35+,40+,41-,42?,43+,44-,45-,46-,48+,49-,50-,51-,52+/m1/s1. The highest BCUT2D eigenvalue weighted by Crippen LogP contribution is 2.44. The first-order valence-electron chi connectivity index (χ1n) is 25.4. The number of esters is 1. The van der Waals surface area contributed by atoms with Gasteiger partial charge in [0.15, 0.2) is 18.7 Å². The fraction of sp³-hybridized carbons (Fsp3) is 0.750. The second kappa shape index (κ2) is 24.4. The van der Waals surface area contributed by atoms with Gasteiger partial charge in [0, 0.05) is 39.1 Å². The van der Waals surface area contributed by atoms with Crippen molar-refractivity contribution in [3.8, 4) is 5.75 Å². The van der Waals surface area contributed by atoms with Crippen LogP contribution in [0.3, 0.4) is 0 Å². The van der Waals surface area contributed by atoms with Gasteiger partial charge < -0.3 is 64.2 Å². The Labute approximate surface area is 425 Å². The summed E-state index contributed by atoms with van der Waals surface area (Å²) in [6, 6.07) is 7.79. The van der Waals surface area contributed by atoms with Gasteiger partial charge in [-0.25, -0.2) is 17.2 Å².